The van der Waals surface area contributed by atoms with Gasteiger partial charge in [0, 0.05) is 19.2 Å². The van der Waals surface area contributed by atoms with Crippen molar-refractivity contribution in [3.63, 3.8) is 0 Å². The van der Waals surface area contributed by atoms with Crippen molar-refractivity contribution < 1.29 is 5.11 Å². The first-order valence-electron chi connectivity index (χ1n) is 11.0. The number of nitrogens with zero attached hydrogens (tertiary/aromatic N) is 4. The highest BCUT2D eigenvalue weighted by Gasteiger charge is 2.23. The van der Waals surface area contributed by atoms with E-state index in [1.165, 1.54) is 0 Å². The molecule has 32 heavy (non-hydrogen) atoms. The van der Waals surface area contributed by atoms with Gasteiger partial charge in [0.05, 0.1) is 29.5 Å². The molecule has 0 aliphatic carbocycles. The van der Waals surface area contributed by atoms with E-state index in [1.54, 1.807) is 30.0 Å². The van der Waals surface area contributed by atoms with Crippen molar-refractivity contribution in [2.75, 3.05) is 18.5 Å². The maximum atomic E-state index is 13.6. The van der Waals surface area contributed by atoms with Crippen LogP contribution in [0.2, 0.25) is 0 Å². The minimum Gasteiger partial charge on any atom is -0.391 e. The average Bonchev–Trinajstić information content (AvgIpc) is 2.79. The second-order valence-corrected chi connectivity index (χ2v) is 8.47. The summed E-state index contributed by atoms with van der Waals surface area (Å²) in [5.41, 5.74) is 4.97. The fraction of sp³-hybridized carbons (Fsp3) is 0.360. The van der Waals surface area contributed by atoms with E-state index in [-0.39, 0.29) is 11.6 Å². The lowest BCUT2D eigenvalue weighted by Gasteiger charge is -2.28. The molecule has 0 unspecified atom stereocenters. The predicted molar refractivity (Wildman–Crippen MR) is 129 cm³/mol. The molecule has 0 bridgehead atoms. The number of fused-ring (bicyclic) bond motifs is 3. The number of anilines is 1. The zero-order valence-corrected chi connectivity index (χ0v) is 18.7. The van der Waals surface area contributed by atoms with Crippen LogP contribution in [0.15, 0.2) is 52.7 Å². The van der Waals surface area contributed by atoms with Crippen LogP contribution in [0, 0.1) is 4.91 Å². The van der Waals surface area contributed by atoms with Crippen molar-refractivity contribution in [2.45, 2.75) is 45.3 Å². The van der Waals surface area contributed by atoms with E-state index in [4.69, 9.17) is 4.98 Å². The Bertz CT molecular complexity index is 1230. The fourth-order valence-corrected chi connectivity index (χ4v) is 4.51. The van der Waals surface area contributed by atoms with Crippen LogP contribution >= 0.6 is 0 Å². The molecule has 2 heterocycles. The molecule has 2 aromatic carbocycles. The molecule has 166 valence electrons. The lowest BCUT2D eigenvalue weighted by molar-refractivity contribution is 0.122. The molecule has 0 spiro atoms. The first-order valence-corrected chi connectivity index (χ1v) is 11.0. The standard InChI is InChI=1S/C25H28N4O3/c1-4-6-22(16(2)30)29-15-26-23-21(25(29)31)14-18(20-7-5-12-28(3)24(20)23)13-17-8-10-19(27-32)11-9-17/h5,7-11,14-16,22,30H,4,6,12-13H2,1-3H3/t16-,22-/m0/s1. The number of hydrogen-bond donors (Lipinski definition) is 1. The minimum atomic E-state index is -0.653. The minimum absolute atomic E-state index is 0.137. The van der Waals surface area contributed by atoms with Crippen molar-refractivity contribution in [1.82, 2.24) is 9.55 Å². The fourth-order valence-electron chi connectivity index (χ4n) is 4.51. The maximum Gasteiger partial charge on any atom is 0.261 e. The number of aliphatic hydroxyl groups is 1. The van der Waals surface area contributed by atoms with Crippen molar-refractivity contribution >= 4 is 28.4 Å². The lowest BCUT2D eigenvalue weighted by atomic mass is 9.93. The van der Waals surface area contributed by atoms with Crippen molar-refractivity contribution in [3.05, 3.63) is 74.7 Å². The molecule has 0 saturated carbocycles. The summed E-state index contributed by atoms with van der Waals surface area (Å²) in [6, 6.07) is 8.78. The number of likely N-dealkylation sites (N-methyl/N-ethyl adjacent to an activating group) is 1. The van der Waals surface area contributed by atoms with Crippen LogP contribution in [0.4, 0.5) is 11.4 Å². The monoisotopic (exact) mass is 432 g/mol. The van der Waals surface area contributed by atoms with Gasteiger partial charge >= 0.3 is 0 Å². The summed E-state index contributed by atoms with van der Waals surface area (Å²) in [7, 11) is 2.00. The van der Waals surface area contributed by atoms with Gasteiger partial charge in [0.25, 0.3) is 5.56 Å². The van der Waals surface area contributed by atoms with Gasteiger partial charge < -0.3 is 10.0 Å². The van der Waals surface area contributed by atoms with Crippen molar-refractivity contribution in [3.8, 4) is 0 Å². The molecular formula is C25H28N4O3. The molecule has 2 atom stereocenters. The van der Waals surface area contributed by atoms with Gasteiger partial charge in [-0.3, -0.25) is 9.36 Å². The highest BCUT2D eigenvalue weighted by Crippen LogP contribution is 2.35. The van der Waals surface area contributed by atoms with Crippen LogP contribution in [-0.4, -0.2) is 34.4 Å². The van der Waals surface area contributed by atoms with Gasteiger partial charge in [-0.15, -0.1) is 4.91 Å². The van der Waals surface area contributed by atoms with Gasteiger partial charge in [-0.2, -0.15) is 0 Å². The van der Waals surface area contributed by atoms with Crippen LogP contribution in [-0.2, 0) is 6.42 Å². The van der Waals surface area contributed by atoms with Gasteiger partial charge in [0.2, 0.25) is 0 Å². The second kappa shape index (κ2) is 9.04. The van der Waals surface area contributed by atoms with E-state index in [2.05, 4.69) is 22.2 Å². The topological polar surface area (TPSA) is 87.8 Å². The third-order valence-corrected chi connectivity index (χ3v) is 6.16. The summed E-state index contributed by atoms with van der Waals surface area (Å²) in [4.78, 5) is 31.1. The quantitative estimate of drug-likeness (QED) is 0.553. The number of benzene rings is 2. The summed E-state index contributed by atoms with van der Waals surface area (Å²) >= 11 is 0. The highest BCUT2D eigenvalue weighted by molar-refractivity contribution is 5.97. The summed E-state index contributed by atoms with van der Waals surface area (Å²) in [6.45, 7) is 4.49. The number of aliphatic hydroxyl groups excluding tert-OH is 1. The Hall–Kier alpha value is -3.32. The summed E-state index contributed by atoms with van der Waals surface area (Å²) in [6.07, 6.45) is 7.28. The Balaban J connectivity index is 1.91. The van der Waals surface area contributed by atoms with Crippen LogP contribution in [0.1, 0.15) is 49.4 Å². The molecule has 7 heteroatoms. The Morgan fingerprint density at radius 1 is 1.25 bits per heavy atom. The van der Waals surface area contributed by atoms with E-state index >= 15 is 0 Å². The van der Waals surface area contributed by atoms with E-state index in [0.717, 1.165) is 35.3 Å². The van der Waals surface area contributed by atoms with E-state index in [1.807, 2.05) is 32.2 Å². The highest BCUT2D eigenvalue weighted by atomic mass is 16.3. The Labute approximate surface area is 187 Å². The third kappa shape index (κ3) is 3.96. The number of aromatic nitrogens is 2. The molecule has 1 aliphatic rings. The summed E-state index contributed by atoms with van der Waals surface area (Å²) in [5.74, 6) is 0. The molecule has 0 amide bonds. The molecule has 3 aromatic rings. The van der Waals surface area contributed by atoms with Crippen molar-refractivity contribution in [2.24, 2.45) is 5.18 Å². The van der Waals surface area contributed by atoms with Crippen LogP contribution in [0.25, 0.3) is 17.0 Å². The normalized spacial score (nSPS) is 14.9. The Kier molecular flexibility index (Phi) is 6.19. The maximum absolute atomic E-state index is 13.6. The van der Waals surface area contributed by atoms with E-state index in [9.17, 15) is 14.8 Å². The first-order chi connectivity index (χ1) is 15.4. The zero-order valence-electron chi connectivity index (χ0n) is 18.7. The second-order valence-electron chi connectivity index (χ2n) is 8.47. The number of rotatable bonds is 7. The molecule has 1 N–H and O–H groups in total. The molecule has 4 rings (SSSR count). The van der Waals surface area contributed by atoms with E-state index in [0.29, 0.717) is 29.4 Å². The molecule has 1 aromatic heterocycles. The van der Waals surface area contributed by atoms with Crippen LogP contribution in [0.3, 0.4) is 0 Å². The largest absolute Gasteiger partial charge is 0.391 e. The van der Waals surface area contributed by atoms with Gasteiger partial charge in [-0.1, -0.05) is 37.6 Å². The zero-order chi connectivity index (χ0) is 22.8. The molecule has 1 aliphatic heterocycles. The lowest BCUT2D eigenvalue weighted by Crippen LogP contribution is -2.32. The van der Waals surface area contributed by atoms with Gasteiger partial charge in [0.1, 0.15) is 11.2 Å². The Morgan fingerprint density at radius 2 is 2.00 bits per heavy atom. The van der Waals surface area contributed by atoms with Gasteiger partial charge in [-0.05, 0) is 54.3 Å². The Morgan fingerprint density at radius 3 is 2.66 bits per heavy atom. The van der Waals surface area contributed by atoms with Crippen LogP contribution < -0.4 is 10.5 Å². The van der Waals surface area contributed by atoms with E-state index < -0.39 is 6.10 Å². The molecule has 0 radical (unpaired) electrons. The molecular weight excluding hydrogens is 404 g/mol. The number of hydrogen-bond acceptors (Lipinski definition) is 6. The van der Waals surface area contributed by atoms with Gasteiger partial charge in [0.15, 0.2) is 0 Å². The predicted octanol–water partition coefficient (Wildman–Crippen LogP) is 4.57. The van der Waals surface area contributed by atoms with Crippen LogP contribution in [0.5, 0.6) is 0 Å². The van der Waals surface area contributed by atoms with Gasteiger partial charge in [-0.25, -0.2) is 4.98 Å². The first kappa shape index (κ1) is 21.9. The molecule has 7 nitrogen and oxygen atoms in total. The smallest absolute Gasteiger partial charge is 0.261 e. The third-order valence-electron chi connectivity index (χ3n) is 6.16. The molecule has 0 fully saturated rings. The SMILES string of the molecule is CCC[C@@H]([C@H](C)O)n1cnc2c3c(c(Cc4ccc(N=O)cc4)cc2c1=O)C=CCN3C. The summed E-state index contributed by atoms with van der Waals surface area (Å²) < 4.78 is 1.58. The molecule has 0 saturated heterocycles. The number of nitroso groups, excluding NO2 is 1. The van der Waals surface area contributed by atoms with Crippen molar-refractivity contribution in [1.29, 1.82) is 0 Å². The summed E-state index contributed by atoms with van der Waals surface area (Å²) in [5, 5.41) is 13.8. The average molecular weight is 433 g/mol.